The van der Waals surface area contributed by atoms with Crippen LogP contribution < -0.4 is 5.32 Å². The standard InChI is InChI=1S/C17H23N2O4P/c1-4-22-24(21,23-5-2)13-14-8-10-15(11-9-14)18-17(20)16-7-6-12-19(16)3/h6-12H,4-5,13H2,1-3H3,(H,18,20). The van der Waals surface area contributed by atoms with Crippen molar-refractivity contribution in [2.24, 2.45) is 7.05 Å². The molecule has 24 heavy (non-hydrogen) atoms. The summed E-state index contributed by atoms with van der Waals surface area (Å²) in [4.78, 5) is 12.2. The van der Waals surface area contributed by atoms with Crippen molar-refractivity contribution in [3.05, 3.63) is 53.9 Å². The van der Waals surface area contributed by atoms with E-state index in [-0.39, 0.29) is 12.1 Å². The van der Waals surface area contributed by atoms with Crippen LogP contribution in [0.2, 0.25) is 0 Å². The van der Waals surface area contributed by atoms with Crippen LogP contribution in [0.5, 0.6) is 0 Å². The number of carbonyl (C=O) groups excluding carboxylic acids is 1. The topological polar surface area (TPSA) is 69.6 Å². The first kappa shape index (κ1) is 18.5. The molecule has 1 amide bonds. The van der Waals surface area contributed by atoms with E-state index >= 15 is 0 Å². The Bertz CT molecular complexity index is 714. The highest BCUT2D eigenvalue weighted by atomic mass is 31.2. The summed E-state index contributed by atoms with van der Waals surface area (Å²) in [5.41, 5.74) is 2.08. The van der Waals surface area contributed by atoms with Crippen LogP contribution in [0.1, 0.15) is 29.9 Å². The number of aryl methyl sites for hydroxylation is 1. The summed E-state index contributed by atoms with van der Waals surface area (Å²) in [6, 6.07) is 10.7. The molecule has 130 valence electrons. The molecule has 0 radical (unpaired) electrons. The molecule has 0 unspecified atom stereocenters. The average Bonchev–Trinajstić information content (AvgIpc) is 2.96. The average molecular weight is 350 g/mol. The van der Waals surface area contributed by atoms with E-state index in [1.807, 2.05) is 31.4 Å². The molecule has 2 rings (SSSR count). The minimum absolute atomic E-state index is 0.176. The molecule has 0 saturated heterocycles. The minimum Gasteiger partial charge on any atom is -0.347 e. The molecule has 1 aromatic carbocycles. The fourth-order valence-electron chi connectivity index (χ4n) is 2.33. The van der Waals surface area contributed by atoms with E-state index in [1.54, 1.807) is 36.6 Å². The lowest BCUT2D eigenvalue weighted by Gasteiger charge is -2.17. The van der Waals surface area contributed by atoms with Gasteiger partial charge < -0.3 is 18.9 Å². The molecule has 1 N–H and O–H groups in total. The van der Waals surface area contributed by atoms with Crippen LogP contribution in [0.4, 0.5) is 5.69 Å². The molecular formula is C17H23N2O4P. The van der Waals surface area contributed by atoms with Gasteiger partial charge in [-0.3, -0.25) is 9.36 Å². The summed E-state index contributed by atoms with van der Waals surface area (Å²) in [6.45, 7) is 4.24. The van der Waals surface area contributed by atoms with Gasteiger partial charge in [0.05, 0.1) is 19.4 Å². The van der Waals surface area contributed by atoms with Crippen molar-refractivity contribution in [3.8, 4) is 0 Å². The third-order valence-electron chi connectivity index (χ3n) is 3.42. The van der Waals surface area contributed by atoms with Gasteiger partial charge in [0.2, 0.25) is 0 Å². The van der Waals surface area contributed by atoms with Gasteiger partial charge in [0.15, 0.2) is 0 Å². The molecule has 0 bridgehead atoms. The first-order valence-electron chi connectivity index (χ1n) is 7.87. The molecule has 0 aliphatic carbocycles. The largest absolute Gasteiger partial charge is 0.347 e. The molecule has 0 aliphatic rings. The molecule has 0 spiro atoms. The Morgan fingerprint density at radius 3 is 2.25 bits per heavy atom. The smallest absolute Gasteiger partial charge is 0.335 e. The summed E-state index contributed by atoms with van der Waals surface area (Å²) in [5, 5.41) is 2.83. The lowest BCUT2D eigenvalue weighted by atomic mass is 10.2. The fourth-order valence-corrected chi connectivity index (χ4v) is 4.03. The second-order valence-electron chi connectivity index (χ2n) is 5.26. The number of benzene rings is 1. The quantitative estimate of drug-likeness (QED) is 0.730. The molecule has 7 heteroatoms. The first-order valence-corrected chi connectivity index (χ1v) is 9.60. The van der Waals surface area contributed by atoms with Crippen molar-refractivity contribution in [2.45, 2.75) is 20.0 Å². The Labute approximate surface area is 142 Å². The van der Waals surface area contributed by atoms with Crippen LogP contribution >= 0.6 is 7.60 Å². The zero-order valence-corrected chi connectivity index (χ0v) is 15.1. The number of carbonyl (C=O) groups is 1. The number of hydrogen-bond donors (Lipinski definition) is 1. The van der Waals surface area contributed by atoms with Gasteiger partial charge in [0, 0.05) is 18.9 Å². The summed E-state index contributed by atoms with van der Waals surface area (Å²) in [5.74, 6) is -0.176. The van der Waals surface area contributed by atoms with E-state index in [2.05, 4.69) is 5.32 Å². The SMILES string of the molecule is CCOP(=O)(Cc1ccc(NC(=O)c2cccn2C)cc1)OCC. The molecule has 0 fully saturated rings. The summed E-state index contributed by atoms with van der Waals surface area (Å²) < 4.78 is 24.9. The number of amides is 1. The van der Waals surface area contributed by atoms with Crippen molar-refractivity contribution >= 4 is 19.2 Å². The Morgan fingerprint density at radius 1 is 1.12 bits per heavy atom. The molecule has 6 nitrogen and oxygen atoms in total. The maximum absolute atomic E-state index is 12.5. The van der Waals surface area contributed by atoms with Crippen LogP contribution in [0.15, 0.2) is 42.6 Å². The number of rotatable bonds is 8. The fraction of sp³-hybridized carbons (Fsp3) is 0.353. The third kappa shape index (κ3) is 4.81. The van der Waals surface area contributed by atoms with E-state index in [1.165, 1.54) is 0 Å². The molecule has 0 aliphatic heterocycles. The normalized spacial score (nSPS) is 11.5. The molecular weight excluding hydrogens is 327 g/mol. The number of nitrogens with one attached hydrogen (secondary N) is 1. The van der Waals surface area contributed by atoms with Gasteiger partial charge in [0.25, 0.3) is 5.91 Å². The lowest BCUT2D eigenvalue weighted by molar-refractivity contribution is 0.101. The second-order valence-corrected chi connectivity index (χ2v) is 7.31. The zero-order chi connectivity index (χ0) is 17.6. The monoisotopic (exact) mass is 350 g/mol. The molecule has 1 heterocycles. The highest BCUT2D eigenvalue weighted by molar-refractivity contribution is 7.53. The number of aromatic nitrogens is 1. The maximum Gasteiger partial charge on any atom is 0.335 e. The second kappa shape index (κ2) is 8.29. The minimum atomic E-state index is -3.12. The molecule has 1 aromatic heterocycles. The summed E-state index contributed by atoms with van der Waals surface area (Å²) >= 11 is 0. The predicted octanol–water partition coefficient (Wildman–Crippen LogP) is 4.04. The van der Waals surface area contributed by atoms with Gasteiger partial charge in [-0.2, -0.15) is 0 Å². The highest BCUT2D eigenvalue weighted by Gasteiger charge is 2.23. The van der Waals surface area contributed by atoms with Crippen molar-refractivity contribution in [1.82, 2.24) is 4.57 Å². The van der Waals surface area contributed by atoms with Crippen molar-refractivity contribution in [2.75, 3.05) is 18.5 Å². The maximum atomic E-state index is 12.5. The Morgan fingerprint density at radius 2 is 1.75 bits per heavy atom. The Kier molecular flexibility index (Phi) is 6.37. The highest BCUT2D eigenvalue weighted by Crippen LogP contribution is 2.51. The van der Waals surface area contributed by atoms with Gasteiger partial charge in [-0.05, 0) is 43.7 Å². The van der Waals surface area contributed by atoms with Gasteiger partial charge in [-0.25, -0.2) is 0 Å². The summed E-state index contributed by atoms with van der Waals surface area (Å²) in [6.07, 6.45) is 2.03. The van der Waals surface area contributed by atoms with Gasteiger partial charge >= 0.3 is 7.60 Å². The van der Waals surface area contributed by atoms with E-state index in [0.717, 1.165) is 5.56 Å². The molecule has 0 atom stereocenters. The Hall–Kier alpha value is -1.88. The first-order chi connectivity index (χ1) is 11.5. The van der Waals surface area contributed by atoms with E-state index in [0.29, 0.717) is 24.6 Å². The number of hydrogen-bond acceptors (Lipinski definition) is 4. The molecule has 0 saturated carbocycles. The number of anilines is 1. The predicted molar refractivity (Wildman–Crippen MR) is 94.4 cm³/mol. The van der Waals surface area contributed by atoms with E-state index in [9.17, 15) is 9.36 Å². The van der Waals surface area contributed by atoms with E-state index in [4.69, 9.17) is 9.05 Å². The summed E-state index contributed by atoms with van der Waals surface area (Å²) in [7, 11) is -1.30. The van der Waals surface area contributed by atoms with Crippen LogP contribution in [0.25, 0.3) is 0 Å². The zero-order valence-electron chi connectivity index (χ0n) is 14.2. The Balaban J connectivity index is 2.03. The van der Waals surface area contributed by atoms with Crippen molar-refractivity contribution in [3.63, 3.8) is 0 Å². The van der Waals surface area contributed by atoms with Crippen molar-refractivity contribution in [1.29, 1.82) is 0 Å². The van der Waals surface area contributed by atoms with Crippen LogP contribution in [-0.4, -0.2) is 23.7 Å². The van der Waals surface area contributed by atoms with E-state index < -0.39 is 7.60 Å². The third-order valence-corrected chi connectivity index (χ3v) is 5.47. The number of nitrogens with zero attached hydrogens (tertiary/aromatic N) is 1. The van der Waals surface area contributed by atoms with Gasteiger partial charge in [-0.15, -0.1) is 0 Å². The van der Waals surface area contributed by atoms with Gasteiger partial charge in [0.1, 0.15) is 5.69 Å². The van der Waals surface area contributed by atoms with Gasteiger partial charge in [-0.1, -0.05) is 12.1 Å². The van der Waals surface area contributed by atoms with Crippen LogP contribution in [0, 0.1) is 0 Å². The lowest BCUT2D eigenvalue weighted by Crippen LogP contribution is -2.15. The van der Waals surface area contributed by atoms with Crippen LogP contribution in [-0.2, 0) is 26.8 Å². The van der Waals surface area contributed by atoms with Crippen molar-refractivity contribution < 1.29 is 18.4 Å². The molecule has 2 aromatic rings. The van der Waals surface area contributed by atoms with Crippen LogP contribution in [0.3, 0.4) is 0 Å².